The third-order valence-electron chi connectivity index (χ3n) is 4.10. The van der Waals surface area contributed by atoms with Crippen LogP contribution in [0, 0.1) is 0 Å². The minimum Gasteiger partial charge on any atom is -0.497 e. The van der Waals surface area contributed by atoms with Crippen LogP contribution in [0.5, 0.6) is 5.75 Å². The lowest BCUT2D eigenvalue weighted by Crippen LogP contribution is -2.49. The number of piperazine rings is 1. The molecule has 25 heavy (non-hydrogen) atoms. The van der Waals surface area contributed by atoms with Crippen LogP contribution in [0.3, 0.4) is 0 Å². The number of hydrogen-bond donors (Lipinski definition) is 1. The summed E-state index contributed by atoms with van der Waals surface area (Å²) < 4.78 is 15.5. The Morgan fingerprint density at radius 2 is 2.04 bits per heavy atom. The van der Waals surface area contributed by atoms with Crippen molar-refractivity contribution < 1.29 is 23.6 Å². The normalized spacial score (nSPS) is 14.5. The van der Waals surface area contributed by atoms with Crippen molar-refractivity contribution in [1.82, 2.24) is 15.4 Å². The van der Waals surface area contributed by atoms with Crippen LogP contribution in [0.25, 0.3) is 11.0 Å². The monoisotopic (exact) mass is 348 g/mol. The van der Waals surface area contributed by atoms with Crippen LogP contribution in [-0.4, -0.2) is 69.0 Å². The van der Waals surface area contributed by atoms with Gasteiger partial charge in [0.2, 0.25) is 0 Å². The van der Waals surface area contributed by atoms with Crippen molar-refractivity contribution in [2.75, 3.05) is 51.8 Å². The first-order valence-electron chi connectivity index (χ1n) is 7.93. The van der Waals surface area contributed by atoms with E-state index in [0.29, 0.717) is 37.5 Å². The molecule has 3 rings (SSSR count). The highest BCUT2D eigenvalue weighted by Crippen LogP contribution is 2.29. The molecule has 134 valence electrons. The summed E-state index contributed by atoms with van der Waals surface area (Å²) in [6, 6.07) is 5.55. The molecule has 2 aromatic rings. The molecule has 0 atom stereocenters. The predicted molar refractivity (Wildman–Crippen MR) is 89.8 cm³/mol. The van der Waals surface area contributed by atoms with Gasteiger partial charge in [0.15, 0.2) is 18.0 Å². The summed E-state index contributed by atoms with van der Waals surface area (Å²) in [6.45, 7) is 1.89. The van der Waals surface area contributed by atoms with Gasteiger partial charge in [0, 0.05) is 39.3 Å². The smallest absolute Gasteiger partial charge is 0.410 e. The Hall–Kier alpha value is -2.97. The number of carbonyl (C=O) groups is 2. The maximum atomic E-state index is 12.0. The highest BCUT2D eigenvalue weighted by Gasteiger charge is 2.25. The summed E-state index contributed by atoms with van der Waals surface area (Å²) >= 11 is 0. The number of fused-ring (bicyclic) bond motifs is 1. The number of amides is 2. The first-order chi connectivity index (χ1) is 12.1. The van der Waals surface area contributed by atoms with Gasteiger partial charge in [0.05, 0.1) is 12.5 Å². The van der Waals surface area contributed by atoms with Crippen LogP contribution in [-0.2, 0) is 9.53 Å². The van der Waals surface area contributed by atoms with Crippen molar-refractivity contribution in [3.05, 3.63) is 18.2 Å². The van der Waals surface area contributed by atoms with Gasteiger partial charge < -0.3 is 29.1 Å². The number of rotatable bonds is 4. The Morgan fingerprint density at radius 3 is 2.72 bits per heavy atom. The van der Waals surface area contributed by atoms with E-state index in [2.05, 4.69) is 15.4 Å². The van der Waals surface area contributed by atoms with Crippen LogP contribution in [0.2, 0.25) is 0 Å². The Labute approximate surface area is 144 Å². The van der Waals surface area contributed by atoms with Crippen LogP contribution < -0.4 is 15.0 Å². The van der Waals surface area contributed by atoms with Gasteiger partial charge in [-0.3, -0.25) is 4.79 Å². The van der Waals surface area contributed by atoms with Crippen molar-refractivity contribution in [3.8, 4) is 5.75 Å². The van der Waals surface area contributed by atoms with Crippen molar-refractivity contribution >= 4 is 28.8 Å². The standard InChI is InChI=1S/C16H20N4O5/c1-17-14(21)10-24-16(22)20-7-5-19(6-8-20)15-12-4-3-11(23-2)9-13(12)25-18-15/h3-4,9H,5-8,10H2,1-2H3,(H,17,21). The third kappa shape index (κ3) is 3.59. The SMILES string of the molecule is CNC(=O)COC(=O)N1CCN(c2noc3cc(OC)ccc23)CC1. The van der Waals surface area contributed by atoms with E-state index in [1.165, 1.54) is 7.05 Å². The molecule has 0 unspecified atom stereocenters. The molecule has 9 heteroatoms. The number of likely N-dealkylation sites (N-methyl/N-ethyl adjacent to an activating group) is 1. The third-order valence-corrected chi connectivity index (χ3v) is 4.10. The van der Waals surface area contributed by atoms with E-state index in [1.807, 2.05) is 12.1 Å². The van der Waals surface area contributed by atoms with E-state index in [-0.39, 0.29) is 12.5 Å². The lowest BCUT2D eigenvalue weighted by Gasteiger charge is -2.33. The number of methoxy groups -OCH3 is 1. The maximum Gasteiger partial charge on any atom is 0.410 e. The van der Waals surface area contributed by atoms with Gasteiger partial charge in [-0.25, -0.2) is 4.79 Å². The van der Waals surface area contributed by atoms with E-state index >= 15 is 0 Å². The first kappa shape index (κ1) is 16.9. The predicted octanol–water partition coefficient (Wildman–Crippen LogP) is 0.841. The minimum absolute atomic E-state index is 0.273. The topological polar surface area (TPSA) is 97.1 Å². The molecule has 0 saturated carbocycles. The first-order valence-corrected chi connectivity index (χ1v) is 7.93. The second-order valence-corrected chi connectivity index (χ2v) is 5.57. The second-order valence-electron chi connectivity index (χ2n) is 5.57. The quantitative estimate of drug-likeness (QED) is 0.874. The van der Waals surface area contributed by atoms with E-state index < -0.39 is 6.09 Å². The molecule has 2 amide bonds. The molecule has 1 fully saturated rings. The van der Waals surface area contributed by atoms with E-state index in [9.17, 15) is 9.59 Å². The van der Waals surface area contributed by atoms with Crippen LogP contribution >= 0.6 is 0 Å². The van der Waals surface area contributed by atoms with Gasteiger partial charge in [0.25, 0.3) is 5.91 Å². The van der Waals surface area contributed by atoms with Crippen LogP contribution in [0.4, 0.5) is 10.6 Å². The zero-order valence-electron chi connectivity index (χ0n) is 14.2. The summed E-state index contributed by atoms with van der Waals surface area (Å²) in [5.41, 5.74) is 0.654. The number of anilines is 1. The molecule has 0 bridgehead atoms. The molecule has 2 heterocycles. The molecule has 1 aliphatic rings. The maximum absolute atomic E-state index is 12.0. The lowest BCUT2D eigenvalue weighted by molar-refractivity contribution is -0.123. The number of benzene rings is 1. The fraction of sp³-hybridized carbons (Fsp3) is 0.438. The van der Waals surface area contributed by atoms with Gasteiger partial charge in [-0.05, 0) is 12.1 Å². The Balaban J connectivity index is 1.61. The number of nitrogens with zero attached hydrogens (tertiary/aromatic N) is 3. The Kier molecular flexibility index (Phi) is 4.92. The van der Waals surface area contributed by atoms with Crippen molar-refractivity contribution in [1.29, 1.82) is 0 Å². The fourth-order valence-electron chi connectivity index (χ4n) is 2.65. The summed E-state index contributed by atoms with van der Waals surface area (Å²) in [6.07, 6.45) is -0.488. The molecule has 1 saturated heterocycles. The molecule has 1 N–H and O–H groups in total. The van der Waals surface area contributed by atoms with Gasteiger partial charge in [-0.1, -0.05) is 5.16 Å². The average molecular weight is 348 g/mol. The summed E-state index contributed by atoms with van der Waals surface area (Å²) in [4.78, 5) is 26.7. The minimum atomic E-state index is -0.488. The van der Waals surface area contributed by atoms with Crippen molar-refractivity contribution in [2.24, 2.45) is 0 Å². The summed E-state index contributed by atoms with van der Waals surface area (Å²) in [7, 11) is 3.09. The molecule has 0 radical (unpaired) electrons. The lowest BCUT2D eigenvalue weighted by atomic mass is 10.2. The van der Waals surface area contributed by atoms with Gasteiger partial charge in [-0.2, -0.15) is 0 Å². The van der Waals surface area contributed by atoms with Gasteiger partial charge in [-0.15, -0.1) is 0 Å². The molecule has 1 aromatic carbocycles. The van der Waals surface area contributed by atoms with Crippen molar-refractivity contribution in [2.45, 2.75) is 0 Å². The highest BCUT2D eigenvalue weighted by molar-refractivity contribution is 5.89. The van der Waals surface area contributed by atoms with Gasteiger partial charge >= 0.3 is 6.09 Å². The fourth-order valence-corrected chi connectivity index (χ4v) is 2.65. The molecule has 1 aromatic heterocycles. The molecular formula is C16H20N4O5. The van der Waals surface area contributed by atoms with E-state index in [0.717, 1.165) is 11.2 Å². The molecular weight excluding hydrogens is 328 g/mol. The Bertz CT molecular complexity index is 767. The largest absolute Gasteiger partial charge is 0.497 e. The number of aromatic nitrogens is 1. The zero-order chi connectivity index (χ0) is 17.8. The highest BCUT2D eigenvalue weighted by atomic mass is 16.6. The zero-order valence-corrected chi connectivity index (χ0v) is 14.2. The Morgan fingerprint density at radius 1 is 1.28 bits per heavy atom. The van der Waals surface area contributed by atoms with E-state index in [1.54, 1.807) is 18.1 Å². The number of nitrogens with one attached hydrogen (secondary N) is 1. The van der Waals surface area contributed by atoms with Crippen molar-refractivity contribution in [3.63, 3.8) is 0 Å². The summed E-state index contributed by atoms with van der Waals surface area (Å²) in [5.74, 6) is 1.12. The van der Waals surface area contributed by atoms with E-state index in [4.69, 9.17) is 14.0 Å². The number of ether oxygens (including phenoxy) is 2. The average Bonchev–Trinajstić information content (AvgIpc) is 3.08. The number of carbonyl (C=O) groups excluding carboxylic acids is 2. The summed E-state index contributed by atoms with van der Waals surface area (Å²) in [5, 5.41) is 7.45. The molecule has 1 aliphatic heterocycles. The van der Waals surface area contributed by atoms with Crippen LogP contribution in [0.15, 0.2) is 22.7 Å². The van der Waals surface area contributed by atoms with Gasteiger partial charge in [0.1, 0.15) is 5.75 Å². The molecule has 0 spiro atoms. The van der Waals surface area contributed by atoms with Crippen LogP contribution in [0.1, 0.15) is 0 Å². The second kappa shape index (κ2) is 7.29. The number of hydrogen-bond acceptors (Lipinski definition) is 7. The molecule has 9 nitrogen and oxygen atoms in total. The molecule has 0 aliphatic carbocycles.